The van der Waals surface area contributed by atoms with E-state index in [1.54, 1.807) is 7.11 Å². The lowest BCUT2D eigenvalue weighted by atomic mass is 9.85. The minimum atomic E-state index is 0.0192. The summed E-state index contributed by atoms with van der Waals surface area (Å²) < 4.78 is 5.14. The first-order valence-corrected chi connectivity index (χ1v) is 8.11. The molecule has 2 bridgehead atoms. The van der Waals surface area contributed by atoms with Crippen molar-refractivity contribution in [2.45, 2.75) is 32.4 Å². The van der Waals surface area contributed by atoms with E-state index in [0.717, 1.165) is 31.7 Å². The van der Waals surface area contributed by atoms with Crippen molar-refractivity contribution in [3.05, 3.63) is 29.6 Å². The molecule has 0 unspecified atom stereocenters. The van der Waals surface area contributed by atoms with Crippen LogP contribution in [0.4, 0.5) is 0 Å². The molecule has 1 amide bonds. The van der Waals surface area contributed by atoms with Gasteiger partial charge < -0.3 is 9.64 Å². The van der Waals surface area contributed by atoms with E-state index in [0.29, 0.717) is 19.1 Å². The Morgan fingerprint density at radius 1 is 1.45 bits per heavy atom. The number of fused-ring (bicyclic) bond motifs is 2. The van der Waals surface area contributed by atoms with Crippen molar-refractivity contribution in [2.75, 3.05) is 33.4 Å². The van der Waals surface area contributed by atoms with Crippen molar-refractivity contribution in [2.24, 2.45) is 5.92 Å². The Bertz CT molecular complexity index is 534. The van der Waals surface area contributed by atoms with Crippen LogP contribution >= 0.6 is 0 Å². The molecular weight excluding hydrogens is 278 g/mol. The van der Waals surface area contributed by atoms with Gasteiger partial charge in [-0.05, 0) is 43.9 Å². The lowest BCUT2D eigenvalue weighted by Crippen LogP contribution is -2.59. The van der Waals surface area contributed by atoms with E-state index in [9.17, 15) is 4.79 Å². The highest BCUT2D eigenvalue weighted by molar-refractivity contribution is 5.83. The van der Waals surface area contributed by atoms with Crippen LogP contribution in [0, 0.1) is 12.8 Å². The predicted molar refractivity (Wildman–Crippen MR) is 84.4 cm³/mol. The third-order valence-electron chi connectivity index (χ3n) is 4.93. The number of carbonyl (C=O) groups excluding carboxylic acids is 1. The lowest BCUT2D eigenvalue weighted by molar-refractivity contribution is -0.146. The van der Waals surface area contributed by atoms with Crippen LogP contribution in [0.3, 0.4) is 0 Å². The molecule has 2 saturated heterocycles. The standard InChI is InChI=1S/C17H25N3O2/c1-13-4-3-6-18-15(13)12-19-7-5-14-10-16(19)17(21)20(11-14)8-9-22-2/h3-4,6,14,16H,5,7-12H2,1-2H3/t14-,16+/m0/s1. The minimum absolute atomic E-state index is 0.0192. The summed E-state index contributed by atoms with van der Waals surface area (Å²) in [6.07, 6.45) is 4.00. The van der Waals surface area contributed by atoms with Crippen LogP contribution in [0.2, 0.25) is 0 Å². The molecule has 0 aliphatic carbocycles. The summed E-state index contributed by atoms with van der Waals surface area (Å²) in [5.74, 6) is 0.905. The Balaban J connectivity index is 1.71. The number of pyridine rings is 1. The molecule has 0 radical (unpaired) electrons. The number of aryl methyl sites for hydroxylation is 1. The summed E-state index contributed by atoms with van der Waals surface area (Å²) in [6.45, 7) is 6.07. The molecule has 1 aromatic heterocycles. The normalized spacial score (nSPS) is 25.5. The maximum Gasteiger partial charge on any atom is 0.240 e. The Hall–Kier alpha value is -1.46. The largest absolute Gasteiger partial charge is 0.383 e. The number of nitrogens with zero attached hydrogens (tertiary/aromatic N) is 3. The van der Waals surface area contributed by atoms with Gasteiger partial charge in [-0.3, -0.25) is 14.7 Å². The van der Waals surface area contributed by atoms with Gasteiger partial charge in [0.1, 0.15) is 0 Å². The minimum Gasteiger partial charge on any atom is -0.383 e. The molecule has 0 spiro atoms. The van der Waals surface area contributed by atoms with Gasteiger partial charge in [0.05, 0.1) is 18.3 Å². The second kappa shape index (κ2) is 6.75. The molecular formula is C17H25N3O2. The number of aromatic nitrogens is 1. The fourth-order valence-corrected chi connectivity index (χ4v) is 3.59. The molecule has 120 valence electrons. The molecule has 0 N–H and O–H groups in total. The Kier molecular flexibility index (Phi) is 4.74. The number of likely N-dealkylation sites (tertiary alicyclic amines) is 2. The maximum absolute atomic E-state index is 12.7. The van der Waals surface area contributed by atoms with Crippen LogP contribution in [-0.2, 0) is 16.1 Å². The van der Waals surface area contributed by atoms with E-state index in [1.165, 1.54) is 12.0 Å². The van der Waals surface area contributed by atoms with Crippen molar-refractivity contribution >= 4 is 5.91 Å². The van der Waals surface area contributed by atoms with E-state index < -0.39 is 0 Å². The summed E-state index contributed by atoms with van der Waals surface area (Å²) >= 11 is 0. The monoisotopic (exact) mass is 303 g/mol. The van der Waals surface area contributed by atoms with Crippen molar-refractivity contribution in [1.29, 1.82) is 0 Å². The highest BCUT2D eigenvalue weighted by Gasteiger charge is 2.41. The molecule has 2 aliphatic heterocycles. The maximum atomic E-state index is 12.7. The van der Waals surface area contributed by atoms with E-state index in [4.69, 9.17) is 4.74 Å². The molecule has 0 aromatic carbocycles. The first kappa shape index (κ1) is 15.4. The van der Waals surface area contributed by atoms with E-state index >= 15 is 0 Å². The van der Waals surface area contributed by atoms with Crippen LogP contribution in [0.5, 0.6) is 0 Å². The average molecular weight is 303 g/mol. The molecule has 3 rings (SSSR count). The molecule has 22 heavy (non-hydrogen) atoms. The zero-order valence-corrected chi connectivity index (χ0v) is 13.5. The number of ether oxygens (including phenoxy) is 1. The molecule has 1 aromatic rings. The number of piperidine rings is 2. The van der Waals surface area contributed by atoms with Crippen molar-refractivity contribution in [3.8, 4) is 0 Å². The van der Waals surface area contributed by atoms with Crippen molar-refractivity contribution < 1.29 is 9.53 Å². The molecule has 2 fully saturated rings. The topological polar surface area (TPSA) is 45.7 Å². The lowest BCUT2D eigenvalue weighted by Gasteiger charge is -2.46. The van der Waals surface area contributed by atoms with Crippen molar-refractivity contribution in [3.63, 3.8) is 0 Å². The van der Waals surface area contributed by atoms with Gasteiger partial charge in [-0.25, -0.2) is 0 Å². The molecule has 0 saturated carbocycles. The number of methoxy groups -OCH3 is 1. The van der Waals surface area contributed by atoms with Crippen LogP contribution in [-0.4, -0.2) is 60.1 Å². The predicted octanol–water partition coefficient (Wildman–Crippen LogP) is 1.46. The first-order chi connectivity index (χ1) is 10.7. The van der Waals surface area contributed by atoms with Gasteiger partial charge in [-0.1, -0.05) is 6.07 Å². The number of carbonyl (C=O) groups is 1. The van der Waals surface area contributed by atoms with Gasteiger partial charge >= 0.3 is 0 Å². The summed E-state index contributed by atoms with van der Waals surface area (Å²) in [5, 5.41) is 0. The van der Waals surface area contributed by atoms with Gasteiger partial charge in [-0.15, -0.1) is 0 Å². The Morgan fingerprint density at radius 2 is 2.32 bits per heavy atom. The third-order valence-corrected chi connectivity index (χ3v) is 4.93. The van der Waals surface area contributed by atoms with E-state index in [-0.39, 0.29) is 11.9 Å². The van der Waals surface area contributed by atoms with Crippen LogP contribution in [0.15, 0.2) is 18.3 Å². The molecule has 2 aliphatic rings. The van der Waals surface area contributed by atoms with Gasteiger partial charge in [0.25, 0.3) is 0 Å². The van der Waals surface area contributed by atoms with E-state index in [2.05, 4.69) is 22.9 Å². The second-order valence-corrected chi connectivity index (χ2v) is 6.42. The van der Waals surface area contributed by atoms with E-state index in [1.807, 2.05) is 17.2 Å². The number of hydrogen-bond acceptors (Lipinski definition) is 4. The van der Waals surface area contributed by atoms with Crippen LogP contribution < -0.4 is 0 Å². The summed E-state index contributed by atoms with van der Waals surface area (Å²) in [5.41, 5.74) is 2.28. The summed E-state index contributed by atoms with van der Waals surface area (Å²) in [4.78, 5) is 21.5. The highest BCUT2D eigenvalue weighted by atomic mass is 16.5. The number of amides is 1. The smallest absolute Gasteiger partial charge is 0.240 e. The van der Waals surface area contributed by atoms with Gasteiger partial charge in [0, 0.05) is 32.9 Å². The van der Waals surface area contributed by atoms with Gasteiger partial charge in [0.15, 0.2) is 0 Å². The van der Waals surface area contributed by atoms with Crippen molar-refractivity contribution in [1.82, 2.24) is 14.8 Å². The summed E-state index contributed by atoms with van der Waals surface area (Å²) in [7, 11) is 1.69. The SMILES string of the molecule is COCCN1C[C@H]2CCN(Cc3ncccc3C)[C@H](C2)C1=O. The second-order valence-electron chi connectivity index (χ2n) is 6.42. The zero-order chi connectivity index (χ0) is 15.5. The first-order valence-electron chi connectivity index (χ1n) is 8.11. The molecule has 2 atom stereocenters. The molecule has 3 heterocycles. The van der Waals surface area contributed by atoms with Gasteiger partial charge in [-0.2, -0.15) is 0 Å². The zero-order valence-electron chi connectivity index (χ0n) is 13.5. The Labute approximate surface area is 132 Å². The number of hydrogen-bond donors (Lipinski definition) is 0. The Morgan fingerprint density at radius 3 is 3.09 bits per heavy atom. The third kappa shape index (κ3) is 3.15. The van der Waals surface area contributed by atoms with Gasteiger partial charge in [0.2, 0.25) is 5.91 Å². The quantitative estimate of drug-likeness (QED) is 0.826. The molecule has 5 nitrogen and oxygen atoms in total. The van der Waals surface area contributed by atoms with Crippen LogP contribution in [0.1, 0.15) is 24.1 Å². The average Bonchev–Trinajstić information content (AvgIpc) is 2.53. The summed E-state index contributed by atoms with van der Waals surface area (Å²) in [6, 6.07) is 4.07. The molecule has 5 heteroatoms. The fourth-order valence-electron chi connectivity index (χ4n) is 3.59. The van der Waals surface area contributed by atoms with Crippen LogP contribution in [0.25, 0.3) is 0 Å². The number of rotatable bonds is 5. The fraction of sp³-hybridized carbons (Fsp3) is 0.647. The highest BCUT2D eigenvalue weighted by Crippen LogP contribution is 2.31.